The number of aromatic nitrogens is 3. The summed E-state index contributed by atoms with van der Waals surface area (Å²) in [5.74, 6) is 0.740. The minimum absolute atomic E-state index is 0.194. The number of hydrogen-bond donors (Lipinski definition) is 0. The Hall–Kier alpha value is -3.03. The summed E-state index contributed by atoms with van der Waals surface area (Å²) >= 11 is 4.54. The number of carbonyl (C=O) groups is 1. The fraction of sp³-hybridized carbons (Fsp3) is 0.250. The van der Waals surface area contributed by atoms with Gasteiger partial charge in [0.15, 0.2) is 0 Å². The van der Waals surface area contributed by atoms with Gasteiger partial charge in [-0.1, -0.05) is 12.1 Å². The Morgan fingerprint density at radius 3 is 2.79 bits per heavy atom. The number of nitrogens with zero attached hydrogens (tertiary/aromatic N) is 4. The molecule has 3 aromatic rings. The van der Waals surface area contributed by atoms with E-state index in [2.05, 4.69) is 26.0 Å². The smallest absolute Gasteiger partial charge is 0.280 e. The Morgan fingerprint density at radius 2 is 2.15 bits per heavy atom. The van der Waals surface area contributed by atoms with E-state index in [9.17, 15) is 18.8 Å². The molecule has 10 heteroatoms. The van der Waals surface area contributed by atoms with Crippen molar-refractivity contribution < 1.29 is 18.3 Å². The van der Waals surface area contributed by atoms with Crippen LogP contribution in [0.25, 0.3) is 6.08 Å². The third-order valence-corrected chi connectivity index (χ3v) is 6.57. The molecule has 0 amide bonds. The molecule has 0 bridgehead atoms. The minimum atomic E-state index is -2.73. The highest BCUT2D eigenvalue weighted by Crippen LogP contribution is 2.32. The number of carbonyl (C=O) groups excluding carboxylic acids is 1. The predicted octanol–water partition coefficient (Wildman–Crippen LogP) is 6.38. The van der Waals surface area contributed by atoms with Crippen LogP contribution in [-0.4, -0.2) is 27.7 Å². The first-order valence-electron chi connectivity index (χ1n) is 10.2. The molecule has 0 saturated heterocycles. The lowest BCUT2D eigenvalue weighted by atomic mass is 10.1. The van der Waals surface area contributed by atoms with Gasteiger partial charge in [-0.25, -0.2) is 13.8 Å². The first-order valence-corrected chi connectivity index (χ1v) is 12.0. The van der Waals surface area contributed by atoms with Crippen molar-refractivity contribution >= 4 is 39.6 Å². The molecule has 1 aromatic carbocycles. The summed E-state index contributed by atoms with van der Waals surface area (Å²) < 4.78 is 34.1. The van der Waals surface area contributed by atoms with Crippen LogP contribution < -0.4 is 4.74 Å². The Morgan fingerprint density at radius 1 is 1.38 bits per heavy atom. The number of hydrogen-bond acceptors (Lipinski definition) is 6. The van der Waals surface area contributed by atoms with E-state index >= 15 is 0 Å². The summed E-state index contributed by atoms with van der Waals surface area (Å²) in [5, 5.41) is 13.9. The molecule has 6 nitrogen and oxygen atoms in total. The zero-order chi connectivity index (χ0) is 24.8. The summed E-state index contributed by atoms with van der Waals surface area (Å²) in [7, 11) is 1.53. The molecule has 0 saturated carbocycles. The molecular weight excluding hydrogens is 526 g/mol. The van der Waals surface area contributed by atoms with Gasteiger partial charge in [-0.05, 0) is 65.2 Å². The van der Waals surface area contributed by atoms with Crippen molar-refractivity contribution in [2.24, 2.45) is 0 Å². The lowest BCUT2D eigenvalue weighted by Gasteiger charge is -2.12. The molecule has 3 rings (SSSR count). The second-order valence-electron chi connectivity index (χ2n) is 7.17. The van der Waals surface area contributed by atoms with Crippen LogP contribution in [0.3, 0.4) is 0 Å². The summed E-state index contributed by atoms with van der Waals surface area (Å²) in [6.07, 6.45) is 2.02. The molecule has 176 valence electrons. The number of methoxy groups -OCH3 is 1. The molecule has 0 aliphatic heterocycles. The Balaban J connectivity index is 1.86. The molecule has 0 aliphatic rings. The van der Waals surface area contributed by atoms with Crippen LogP contribution in [-0.2, 0) is 12.3 Å². The van der Waals surface area contributed by atoms with Gasteiger partial charge >= 0.3 is 0 Å². The number of aryl methyl sites for hydroxylation is 2. The van der Waals surface area contributed by atoms with Gasteiger partial charge in [0.1, 0.15) is 28.2 Å². The molecule has 0 spiro atoms. The van der Waals surface area contributed by atoms with E-state index in [1.54, 1.807) is 29.9 Å². The molecule has 0 aliphatic carbocycles. The van der Waals surface area contributed by atoms with E-state index in [0.717, 1.165) is 11.1 Å². The number of thioether (sulfide) groups is 1. The maximum Gasteiger partial charge on any atom is 0.280 e. The van der Waals surface area contributed by atoms with Crippen LogP contribution in [0.5, 0.6) is 5.75 Å². The summed E-state index contributed by atoms with van der Waals surface area (Å²) in [6.45, 7) is 4.08. The van der Waals surface area contributed by atoms with Crippen molar-refractivity contribution in [1.29, 1.82) is 5.26 Å². The van der Waals surface area contributed by atoms with E-state index in [4.69, 9.17) is 4.74 Å². The molecule has 2 heterocycles. The quantitative estimate of drug-likeness (QED) is 0.176. The zero-order valence-corrected chi connectivity index (χ0v) is 21.1. The largest absolute Gasteiger partial charge is 0.496 e. The van der Waals surface area contributed by atoms with Crippen LogP contribution in [0.1, 0.15) is 51.8 Å². The van der Waals surface area contributed by atoms with E-state index in [-0.39, 0.29) is 22.1 Å². The van der Waals surface area contributed by atoms with Crippen molar-refractivity contribution in [2.75, 3.05) is 7.11 Å². The van der Waals surface area contributed by atoms with Crippen molar-refractivity contribution in [3.05, 3.63) is 74.7 Å². The van der Waals surface area contributed by atoms with Gasteiger partial charge in [0.25, 0.3) is 6.43 Å². The van der Waals surface area contributed by atoms with Crippen LogP contribution in [0, 0.1) is 18.3 Å². The fourth-order valence-corrected chi connectivity index (χ4v) is 4.81. The van der Waals surface area contributed by atoms with Gasteiger partial charge in [0.2, 0.25) is 5.78 Å². The number of pyridine rings is 1. The number of alkyl halides is 2. The molecule has 0 atom stereocenters. The van der Waals surface area contributed by atoms with E-state index < -0.39 is 6.43 Å². The van der Waals surface area contributed by atoms with E-state index in [1.165, 1.54) is 31.0 Å². The molecule has 34 heavy (non-hydrogen) atoms. The van der Waals surface area contributed by atoms with Gasteiger partial charge in [-0.3, -0.25) is 9.48 Å². The second-order valence-corrected chi connectivity index (χ2v) is 8.99. The highest BCUT2D eigenvalue weighted by molar-refractivity contribution is 9.10. The molecule has 0 fully saturated rings. The zero-order valence-electron chi connectivity index (χ0n) is 18.7. The number of allylic oxidation sites excluding steroid dienone is 1. The topological polar surface area (TPSA) is 80.8 Å². The van der Waals surface area contributed by atoms with Crippen molar-refractivity contribution in [1.82, 2.24) is 14.8 Å². The van der Waals surface area contributed by atoms with Crippen molar-refractivity contribution in [3.8, 4) is 11.8 Å². The van der Waals surface area contributed by atoms with Crippen LogP contribution in [0.4, 0.5) is 8.78 Å². The lowest BCUT2D eigenvalue weighted by Crippen LogP contribution is -2.07. The SMILES string of the molecule is CCn1ncc(Br)c1C(=O)/C=C/c1ccc(OC)c(CSc2nc(C(F)F)cc(C)c2C#N)c1. The number of ether oxygens (including phenoxy) is 1. The van der Waals surface area contributed by atoms with Gasteiger partial charge < -0.3 is 4.74 Å². The molecule has 0 N–H and O–H groups in total. The van der Waals surface area contributed by atoms with Crippen LogP contribution in [0.2, 0.25) is 0 Å². The van der Waals surface area contributed by atoms with Gasteiger partial charge in [-0.15, -0.1) is 11.8 Å². The number of rotatable bonds is 9. The van der Waals surface area contributed by atoms with Gasteiger partial charge in [-0.2, -0.15) is 10.4 Å². The number of nitriles is 1. The molecular formula is C24H21BrF2N4O2S. The predicted molar refractivity (Wildman–Crippen MR) is 130 cm³/mol. The fourth-order valence-electron chi connectivity index (χ4n) is 3.28. The minimum Gasteiger partial charge on any atom is -0.496 e. The average Bonchev–Trinajstić information content (AvgIpc) is 3.21. The summed E-state index contributed by atoms with van der Waals surface area (Å²) in [5.41, 5.74) is 2.36. The number of halogens is 3. The van der Waals surface area contributed by atoms with Crippen molar-refractivity contribution in [2.45, 2.75) is 37.6 Å². The lowest BCUT2D eigenvalue weighted by molar-refractivity contribution is 0.103. The number of benzene rings is 1. The third-order valence-electron chi connectivity index (χ3n) is 4.96. The Kier molecular flexibility index (Phi) is 8.58. The third kappa shape index (κ3) is 5.72. The maximum absolute atomic E-state index is 13.2. The number of ketones is 1. The summed E-state index contributed by atoms with van der Waals surface area (Å²) in [6, 6.07) is 8.71. The first-order chi connectivity index (χ1) is 16.3. The highest BCUT2D eigenvalue weighted by Gasteiger charge is 2.17. The maximum atomic E-state index is 13.2. The Bertz CT molecular complexity index is 1280. The standard InChI is InChI=1S/C24H21BrF2N4O2S/c1-4-31-22(18(25)12-29-31)20(32)7-5-15-6-8-21(33-3)16(10-15)13-34-24-17(11-28)14(2)9-19(30-24)23(26)27/h5-10,12,23H,4,13H2,1-3H3/b7-5+. The van der Waals surface area contributed by atoms with Crippen molar-refractivity contribution in [3.63, 3.8) is 0 Å². The molecule has 2 aromatic heterocycles. The van der Waals surface area contributed by atoms with E-state index in [0.29, 0.717) is 33.8 Å². The van der Waals surface area contributed by atoms with Gasteiger partial charge in [0.05, 0.1) is 23.3 Å². The molecule has 0 radical (unpaired) electrons. The molecule has 0 unspecified atom stereocenters. The van der Waals surface area contributed by atoms with Crippen LogP contribution in [0.15, 0.2) is 46.0 Å². The van der Waals surface area contributed by atoms with Crippen LogP contribution >= 0.6 is 27.7 Å². The average molecular weight is 547 g/mol. The highest BCUT2D eigenvalue weighted by atomic mass is 79.9. The monoisotopic (exact) mass is 546 g/mol. The van der Waals surface area contributed by atoms with Gasteiger partial charge in [0, 0.05) is 17.9 Å². The normalized spacial score (nSPS) is 11.2. The second kappa shape index (κ2) is 11.4. The van der Waals surface area contributed by atoms with E-state index in [1.807, 2.05) is 25.1 Å². The summed E-state index contributed by atoms with van der Waals surface area (Å²) in [4.78, 5) is 16.7. The Labute approximate surface area is 208 Å². The first kappa shape index (κ1) is 25.6.